The van der Waals surface area contributed by atoms with Gasteiger partial charge in [0, 0.05) is 25.3 Å². The molecule has 8 heteroatoms. The second-order valence-electron chi connectivity index (χ2n) is 8.62. The average molecular weight is 415 g/mol. The van der Waals surface area contributed by atoms with Gasteiger partial charge in [-0.1, -0.05) is 12.2 Å². The normalized spacial score (nSPS) is 25.7. The van der Waals surface area contributed by atoms with Crippen LogP contribution in [0.1, 0.15) is 35.7 Å². The highest BCUT2D eigenvalue weighted by Crippen LogP contribution is 2.43. The van der Waals surface area contributed by atoms with Crippen LogP contribution in [0.3, 0.4) is 0 Å². The van der Waals surface area contributed by atoms with Gasteiger partial charge in [-0.15, -0.1) is 0 Å². The summed E-state index contributed by atoms with van der Waals surface area (Å²) >= 11 is 0. The summed E-state index contributed by atoms with van der Waals surface area (Å²) in [5, 5.41) is 9.14. The molecule has 1 aromatic carbocycles. The fourth-order valence-corrected chi connectivity index (χ4v) is 5.15. The summed E-state index contributed by atoms with van der Waals surface area (Å²) < 4.78 is 32.4. The van der Waals surface area contributed by atoms with Crippen LogP contribution in [0.4, 0.5) is 14.5 Å². The molecule has 3 N–H and O–H groups in total. The Labute approximate surface area is 171 Å². The molecule has 3 unspecified atom stereocenters. The molecule has 0 radical (unpaired) electrons. The number of nitrogens with two attached hydrogens (primary N) is 1. The standard InChI is InChI=1S/C22H23F2N3O3/c23-17-6-14-19(27(13-4-5-13)10-16(21(14)28)22(29)30)18(24)20(17)26-8-12-3-1-2-11(7-25)15(12)9-26/h1-2,6,10-13,15H,3-5,7-9,25H2,(H,29,30). The van der Waals surface area contributed by atoms with Crippen LogP contribution in [0.5, 0.6) is 0 Å². The molecule has 2 aromatic rings. The van der Waals surface area contributed by atoms with Crippen molar-refractivity contribution in [3.63, 3.8) is 0 Å². The smallest absolute Gasteiger partial charge is 0.341 e. The van der Waals surface area contributed by atoms with Gasteiger partial charge in [-0.25, -0.2) is 13.6 Å². The molecular weight excluding hydrogens is 392 g/mol. The molecule has 2 aliphatic carbocycles. The van der Waals surface area contributed by atoms with E-state index in [2.05, 4.69) is 12.2 Å². The Kier molecular flexibility index (Phi) is 4.43. The van der Waals surface area contributed by atoms with Crippen molar-refractivity contribution in [1.82, 2.24) is 4.57 Å². The third-order valence-corrected chi connectivity index (χ3v) is 6.81. The maximum Gasteiger partial charge on any atom is 0.341 e. The van der Waals surface area contributed by atoms with Gasteiger partial charge in [0.1, 0.15) is 17.1 Å². The fourth-order valence-electron chi connectivity index (χ4n) is 5.15. The van der Waals surface area contributed by atoms with Crippen LogP contribution in [-0.4, -0.2) is 35.3 Å². The molecule has 158 valence electrons. The van der Waals surface area contributed by atoms with E-state index in [0.717, 1.165) is 25.3 Å². The second kappa shape index (κ2) is 6.91. The van der Waals surface area contributed by atoms with Gasteiger partial charge in [0.05, 0.1) is 10.9 Å². The van der Waals surface area contributed by atoms with Crippen LogP contribution < -0.4 is 16.1 Å². The number of halogens is 2. The minimum absolute atomic E-state index is 0.00716. The fraction of sp³-hybridized carbons (Fsp3) is 0.455. The average Bonchev–Trinajstić information content (AvgIpc) is 3.46. The van der Waals surface area contributed by atoms with E-state index in [1.807, 2.05) is 0 Å². The number of allylic oxidation sites excluding steroid dienone is 1. The maximum atomic E-state index is 15.8. The van der Waals surface area contributed by atoms with Crippen molar-refractivity contribution >= 4 is 22.6 Å². The monoisotopic (exact) mass is 415 g/mol. The SMILES string of the molecule is NCC1C=CCC2CN(c3c(F)cc4c(=O)c(C(=O)O)cn(C5CC5)c4c3F)CC12. The Morgan fingerprint density at radius 1 is 1.27 bits per heavy atom. The van der Waals surface area contributed by atoms with E-state index in [9.17, 15) is 14.7 Å². The van der Waals surface area contributed by atoms with Gasteiger partial charge >= 0.3 is 5.97 Å². The van der Waals surface area contributed by atoms with Crippen LogP contribution in [0.2, 0.25) is 0 Å². The predicted octanol–water partition coefficient (Wildman–Crippen LogP) is 2.90. The van der Waals surface area contributed by atoms with Crippen molar-refractivity contribution in [1.29, 1.82) is 0 Å². The zero-order valence-electron chi connectivity index (χ0n) is 16.4. The van der Waals surface area contributed by atoms with E-state index < -0.39 is 28.6 Å². The lowest BCUT2D eigenvalue weighted by Crippen LogP contribution is -2.30. The molecule has 1 aliphatic heterocycles. The Hall–Kier alpha value is -2.74. The lowest BCUT2D eigenvalue weighted by Gasteiger charge is -2.27. The van der Waals surface area contributed by atoms with Gasteiger partial charge in [0.15, 0.2) is 5.82 Å². The molecule has 0 bridgehead atoms. The van der Waals surface area contributed by atoms with Crippen molar-refractivity contribution in [3.8, 4) is 0 Å². The highest BCUT2D eigenvalue weighted by atomic mass is 19.1. The lowest BCUT2D eigenvalue weighted by molar-refractivity contribution is 0.0695. The molecule has 2 fully saturated rings. The van der Waals surface area contributed by atoms with Gasteiger partial charge in [0.25, 0.3) is 0 Å². The van der Waals surface area contributed by atoms with Gasteiger partial charge in [-0.05, 0) is 49.6 Å². The molecule has 0 spiro atoms. The predicted molar refractivity (Wildman–Crippen MR) is 109 cm³/mol. The van der Waals surface area contributed by atoms with Crippen LogP contribution in [-0.2, 0) is 0 Å². The van der Waals surface area contributed by atoms with Crippen molar-refractivity contribution in [3.05, 3.63) is 51.8 Å². The number of benzene rings is 1. The Morgan fingerprint density at radius 3 is 2.70 bits per heavy atom. The number of pyridine rings is 1. The molecule has 1 saturated heterocycles. The topological polar surface area (TPSA) is 88.6 Å². The Morgan fingerprint density at radius 2 is 2.03 bits per heavy atom. The number of carboxylic acids is 1. The second-order valence-corrected chi connectivity index (χ2v) is 8.62. The van der Waals surface area contributed by atoms with Crippen LogP contribution in [0.25, 0.3) is 10.9 Å². The van der Waals surface area contributed by atoms with Crippen molar-refractivity contribution in [2.75, 3.05) is 24.5 Å². The number of hydrogen-bond acceptors (Lipinski definition) is 4. The summed E-state index contributed by atoms with van der Waals surface area (Å²) in [6.45, 7) is 1.51. The summed E-state index contributed by atoms with van der Waals surface area (Å²) in [4.78, 5) is 25.8. The first-order chi connectivity index (χ1) is 14.4. The summed E-state index contributed by atoms with van der Waals surface area (Å²) in [5.74, 6) is -2.33. The quantitative estimate of drug-likeness (QED) is 0.750. The van der Waals surface area contributed by atoms with E-state index in [1.165, 1.54) is 10.8 Å². The van der Waals surface area contributed by atoms with Crippen LogP contribution in [0.15, 0.2) is 29.2 Å². The lowest BCUT2D eigenvalue weighted by atomic mass is 9.78. The van der Waals surface area contributed by atoms with E-state index in [1.54, 1.807) is 4.90 Å². The van der Waals surface area contributed by atoms with Crippen molar-refractivity contribution < 1.29 is 18.7 Å². The van der Waals surface area contributed by atoms with Crippen LogP contribution >= 0.6 is 0 Å². The van der Waals surface area contributed by atoms with Gasteiger partial charge in [0.2, 0.25) is 5.43 Å². The third-order valence-electron chi connectivity index (χ3n) is 6.81. The first-order valence-corrected chi connectivity index (χ1v) is 10.3. The Bertz CT molecular complexity index is 1140. The Balaban J connectivity index is 1.66. The summed E-state index contributed by atoms with van der Waals surface area (Å²) in [6.07, 6.45) is 7.77. The number of rotatable bonds is 4. The van der Waals surface area contributed by atoms with Crippen molar-refractivity contribution in [2.24, 2.45) is 23.5 Å². The van der Waals surface area contributed by atoms with E-state index in [0.29, 0.717) is 19.6 Å². The highest BCUT2D eigenvalue weighted by molar-refractivity contribution is 5.94. The number of carbonyl (C=O) groups is 1. The summed E-state index contributed by atoms with van der Waals surface area (Å²) in [6, 6.07) is 0.924. The highest BCUT2D eigenvalue weighted by Gasteiger charge is 2.40. The number of anilines is 1. The van der Waals surface area contributed by atoms with Gasteiger partial charge in [-0.3, -0.25) is 4.79 Å². The molecular formula is C22H23F2N3O3. The molecule has 1 aromatic heterocycles. The van der Waals surface area contributed by atoms with Crippen LogP contribution in [0, 0.1) is 29.4 Å². The van der Waals surface area contributed by atoms with Gasteiger partial charge in [-0.2, -0.15) is 0 Å². The van der Waals surface area contributed by atoms with Gasteiger partial charge < -0.3 is 20.3 Å². The van der Waals surface area contributed by atoms with E-state index in [-0.39, 0.29) is 40.4 Å². The minimum Gasteiger partial charge on any atom is -0.477 e. The number of aromatic carboxylic acids is 1. The number of carboxylic acid groups (broad SMARTS) is 1. The number of fused-ring (bicyclic) bond motifs is 2. The first-order valence-electron chi connectivity index (χ1n) is 10.3. The van der Waals surface area contributed by atoms with E-state index in [4.69, 9.17) is 5.73 Å². The molecule has 1 saturated carbocycles. The zero-order valence-corrected chi connectivity index (χ0v) is 16.4. The summed E-state index contributed by atoms with van der Waals surface area (Å²) in [7, 11) is 0. The molecule has 0 amide bonds. The zero-order chi connectivity index (χ0) is 21.2. The maximum absolute atomic E-state index is 15.8. The first kappa shape index (κ1) is 19.2. The number of hydrogen-bond donors (Lipinski definition) is 2. The molecule has 3 atom stereocenters. The molecule has 3 aliphatic rings. The minimum atomic E-state index is -1.40. The number of nitrogens with zero attached hydrogens (tertiary/aromatic N) is 2. The number of aromatic nitrogens is 1. The third kappa shape index (κ3) is 2.85. The molecule has 5 rings (SSSR count). The molecule has 30 heavy (non-hydrogen) atoms. The van der Waals surface area contributed by atoms with E-state index >= 15 is 8.78 Å². The molecule has 6 nitrogen and oxygen atoms in total. The largest absolute Gasteiger partial charge is 0.477 e. The molecule has 2 heterocycles. The summed E-state index contributed by atoms with van der Waals surface area (Å²) in [5.41, 5.74) is 4.42. The van der Waals surface area contributed by atoms with Crippen molar-refractivity contribution in [2.45, 2.75) is 25.3 Å².